The van der Waals surface area contributed by atoms with Gasteiger partial charge in [0.25, 0.3) is 0 Å². The van der Waals surface area contributed by atoms with Gasteiger partial charge in [0.15, 0.2) is 0 Å². The molecule has 11 aromatic carbocycles. The summed E-state index contributed by atoms with van der Waals surface area (Å²) in [5, 5.41) is 0. The number of rotatable bonds is 20. The van der Waals surface area contributed by atoms with Crippen LogP contribution in [-0.2, 0) is 0 Å². The molecule has 0 aromatic heterocycles. The van der Waals surface area contributed by atoms with Gasteiger partial charge in [0, 0.05) is 67.0 Å². The van der Waals surface area contributed by atoms with Crippen molar-refractivity contribution >= 4 is 132 Å². The standard InChI is InChI=1S/C76H56N10S/c87-76-44-42-75(43-45-76)86-55-65-24-22-64(23-25-65)54-85-74-40-38-73(39-41-74)84-53-63-20-18-62(19-21-63)52-83-72-36-34-71(35-37-72)82-51-61-16-14-60(15-17-61)50-81-70-32-30-69(31-33-70)80-49-59-12-10-58(11-13-59)48-79-68-28-26-67(27-29-68)78-47-57-8-6-56(7-9-57)46-77-66-4-2-1-3-5-66/h1-55,87H. The highest BCUT2D eigenvalue weighted by Gasteiger charge is 2.01. The van der Waals surface area contributed by atoms with Gasteiger partial charge in [0.2, 0.25) is 0 Å². The molecule has 0 heterocycles. The van der Waals surface area contributed by atoms with Crippen LogP contribution in [0.5, 0.6) is 0 Å². The van der Waals surface area contributed by atoms with Crippen molar-refractivity contribution in [3.63, 3.8) is 0 Å². The van der Waals surface area contributed by atoms with Crippen molar-refractivity contribution < 1.29 is 0 Å². The minimum atomic E-state index is 0.838. The summed E-state index contributed by atoms with van der Waals surface area (Å²) in [6, 6.07) is 89.6. The van der Waals surface area contributed by atoms with Crippen molar-refractivity contribution in [2.45, 2.75) is 4.90 Å². The number of benzene rings is 11. The Morgan fingerprint density at radius 1 is 0.149 bits per heavy atom. The Kier molecular flexibility index (Phi) is 19.5. The Morgan fingerprint density at radius 2 is 0.276 bits per heavy atom. The summed E-state index contributed by atoms with van der Waals surface area (Å²) >= 11 is 4.33. The molecule has 0 aliphatic heterocycles. The van der Waals surface area contributed by atoms with Crippen molar-refractivity contribution in [2.24, 2.45) is 49.9 Å². The molecule has 0 amide bonds. The van der Waals surface area contributed by atoms with Crippen molar-refractivity contribution in [1.82, 2.24) is 0 Å². The fourth-order valence-electron chi connectivity index (χ4n) is 8.38. The first-order valence-corrected chi connectivity index (χ1v) is 28.5. The molecule has 0 saturated carbocycles. The fourth-order valence-corrected chi connectivity index (χ4v) is 8.53. The first kappa shape index (κ1) is 57.3. The van der Waals surface area contributed by atoms with Gasteiger partial charge < -0.3 is 0 Å². The molecule has 0 spiro atoms. The highest BCUT2D eigenvalue weighted by atomic mass is 32.1. The Morgan fingerprint density at radius 3 is 0.425 bits per heavy atom. The lowest BCUT2D eigenvalue weighted by Gasteiger charge is -1.99. The SMILES string of the molecule is Sc1ccc(N=Cc2ccc(C=Nc3ccc(N=Cc4ccc(C=Nc5ccc(N=Cc6ccc(C=Nc7ccc(N=Cc8ccc(C=Nc9ccc(N=Cc%10ccc(C=Nc%11ccccc%11)cc%10)cc9)cc8)cc7)cc6)cc5)cc4)cc3)cc2)cc1. The third-order valence-corrected chi connectivity index (χ3v) is 13.6. The summed E-state index contributed by atoms with van der Waals surface area (Å²) in [5.74, 6) is 0. The summed E-state index contributed by atoms with van der Waals surface area (Å²) in [7, 11) is 0. The van der Waals surface area contributed by atoms with Gasteiger partial charge in [-0.05, 0) is 189 Å². The van der Waals surface area contributed by atoms with Crippen LogP contribution in [0.25, 0.3) is 0 Å². The summed E-state index contributed by atoms with van der Waals surface area (Å²) in [6.45, 7) is 0. The van der Waals surface area contributed by atoms with Crippen LogP contribution in [0.15, 0.2) is 328 Å². The van der Waals surface area contributed by atoms with Crippen molar-refractivity contribution in [1.29, 1.82) is 0 Å². The summed E-state index contributed by atoms with van der Waals surface area (Å²) in [4.78, 5) is 47.2. The molecule has 10 nitrogen and oxygen atoms in total. The predicted octanol–water partition coefficient (Wildman–Crippen LogP) is 19.5. The van der Waals surface area contributed by atoms with E-state index in [1.54, 1.807) is 0 Å². The van der Waals surface area contributed by atoms with Crippen LogP contribution in [0.3, 0.4) is 0 Å². The van der Waals surface area contributed by atoms with Crippen molar-refractivity contribution in [3.8, 4) is 0 Å². The molecule has 0 bridgehead atoms. The number of para-hydroxylation sites is 1. The van der Waals surface area contributed by atoms with Gasteiger partial charge in [0.05, 0.1) is 56.9 Å². The smallest absolute Gasteiger partial charge is 0.0631 e. The number of thiol groups is 1. The molecule has 0 atom stereocenters. The van der Waals surface area contributed by atoms with E-state index in [1.165, 1.54) is 0 Å². The summed E-state index contributed by atoms with van der Waals surface area (Å²) < 4.78 is 0. The van der Waals surface area contributed by atoms with Crippen LogP contribution in [0.2, 0.25) is 0 Å². The van der Waals surface area contributed by atoms with Gasteiger partial charge >= 0.3 is 0 Å². The van der Waals surface area contributed by atoms with Crippen molar-refractivity contribution in [2.75, 3.05) is 0 Å². The number of hydrogen-bond acceptors (Lipinski definition) is 11. The normalized spacial score (nSPS) is 12.2. The van der Waals surface area contributed by atoms with Crippen LogP contribution in [0.1, 0.15) is 55.6 Å². The molecule has 0 saturated heterocycles. The quantitative estimate of drug-likeness (QED) is 0.0577. The average Bonchev–Trinajstić information content (AvgIpc) is 3.70. The zero-order valence-corrected chi connectivity index (χ0v) is 48.1. The second-order valence-electron chi connectivity index (χ2n) is 19.8. The number of nitrogens with zero attached hydrogens (tertiary/aromatic N) is 10. The zero-order chi connectivity index (χ0) is 59.1. The Balaban J connectivity index is 0.580. The van der Waals surface area contributed by atoms with Gasteiger partial charge in [0.1, 0.15) is 0 Å². The lowest BCUT2D eigenvalue weighted by atomic mass is 10.1. The molecule has 0 unspecified atom stereocenters. The largest absolute Gasteiger partial charge is 0.256 e. The summed E-state index contributed by atoms with van der Waals surface area (Å²) in [5.41, 5.74) is 18.5. The Labute approximate surface area is 512 Å². The monoisotopic (exact) mass is 1140 g/mol. The fraction of sp³-hybridized carbons (Fsp3) is 0. The van der Waals surface area contributed by atoms with E-state index in [4.69, 9.17) is 0 Å². The number of aliphatic imine (C=N–C) groups is 10. The number of hydrogen-bond donors (Lipinski definition) is 1. The Bertz CT molecular complexity index is 4320. The van der Waals surface area contributed by atoms with E-state index in [-0.39, 0.29) is 0 Å². The molecule has 11 rings (SSSR count). The highest BCUT2D eigenvalue weighted by Crippen LogP contribution is 2.24. The molecular formula is C76H56N10S. The molecule has 11 aromatic rings. The molecule has 0 N–H and O–H groups in total. The molecule has 87 heavy (non-hydrogen) atoms. The second-order valence-corrected chi connectivity index (χ2v) is 20.3. The van der Waals surface area contributed by atoms with Crippen LogP contribution < -0.4 is 0 Å². The lowest BCUT2D eigenvalue weighted by Crippen LogP contribution is -1.85. The zero-order valence-electron chi connectivity index (χ0n) is 47.2. The molecule has 0 aliphatic rings. The molecule has 11 heteroatoms. The van der Waals surface area contributed by atoms with Gasteiger partial charge in [-0.1, -0.05) is 140 Å². The lowest BCUT2D eigenvalue weighted by molar-refractivity contribution is 1.43. The molecule has 0 fully saturated rings. The van der Waals surface area contributed by atoms with E-state index in [0.717, 1.165) is 117 Å². The van der Waals surface area contributed by atoms with Crippen LogP contribution >= 0.6 is 12.6 Å². The van der Waals surface area contributed by atoms with Gasteiger partial charge in [-0.2, -0.15) is 0 Å². The third-order valence-electron chi connectivity index (χ3n) is 13.3. The maximum Gasteiger partial charge on any atom is 0.0631 e. The maximum absolute atomic E-state index is 4.68. The molecule has 0 radical (unpaired) electrons. The van der Waals surface area contributed by atoms with Crippen LogP contribution in [-0.4, -0.2) is 62.1 Å². The minimum absolute atomic E-state index is 0.838. The molecule has 0 aliphatic carbocycles. The third kappa shape index (κ3) is 18.2. The highest BCUT2D eigenvalue weighted by molar-refractivity contribution is 7.80. The first-order valence-electron chi connectivity index (χ1n) is 28.1. The van der Waals surface area contributed by atoms with E-state index in [0.29, 0.717) is 0 Å². The van der Waals surface area contributed by atoms with Gasteiger partial charge in [-0.3, -0.25) is 49.9 Å². The second kappa shape index (κ2) is 29.6. The predicted molar refractivity (Wildman–Crippen MR) is 371 cm³/mol. The van der Waals surface area contributed by atoms with Gasteiger partial charge in [-0.15, -0.1) is 12.6 Å². The minimum Gasteiger partial charge on any atom is -0.256 e. The van der Waals surface area contributed by atoms with E-state index in [9.17, 15) is 0 Å². The van der Waals surface area contributed by atoms with Crippen LogP contribution in [0, 0.1) is 0 Å². The summed E-state index contributed by atoms with van der Waals surface area (Å²) in [6.07, 6.45) is 18.5. The van der Waals surface area contributed by atoms with Crippen molar-refractivity contribution in [3.05, 3.63) is 329 Å². The van der Waals surface area contributed by atoms with E-state index >= 15 is 0 Å². The van der Waals surface area contributed by atoms with E-state index < -0.39 is 0 Å². The topological polar surface area (TPSA) is 124 Å². The first-order chi connectivity index (χ1) is 42.9. The van der Waals surface area contributed by atoms with Crippen LogP contribution in [0.4, 0.5) is 56.9 Å². The molecular weight excluding hydrogens is 1080 g/mol. The average molecular weight is 1140 g/mol. The van der Waals surface area contributed by atoms with E-state index in [1.807, 2.05) is 335 Å². The maximum atomic E-state index is 4.68. The van der Waals surface area contributed by atoms with Gasteiger partial charge in [-0.25, -0.2) is 0 Å². The van der Waals surface area contributed by atoms with E-state index in [2.05, 4.69) is 62.6 Å². The molecule has 416 valence electrons. The Hall–Kier alpha value is -11.5.